The summed E-state index contributed by atoms with van der Waals surface area (Å²) in [4.78, 5) is 21.5. The number of halogens is 1. The van der Waals surface area contributed by atoms with Crippen LogP contribution >= 0.6 is 11.6 Å². The van der Waals surface area contributed by atoms with Crippen LogP contribution in [0.3, 0.4) is 0 Å². The minimum Gasteiger partial charge on any atom is -0.268 e. The van der Waals surface area contributed by atoms with Gasteiger partial charge in [0.05, 0.1) is 9.82 Å². The maximum atomic E-state index is 12.1. The van der Waals surface area contributed by atoms with Gasteiger partial charge in [0.2, 0.25) is 0 Å². The highest BCUT2D eigenvalue weighted by Crippen LogP contribution is 2.18. The Morgan fingerprint density at radius 2 is 1.82 bits per heavy atom. The second kappa shape index (κ2) is 6.12. The van der Waals surface area contributed by atoms with Crippen molar-refractivity contribution >= 4 is 33.2 Å². The topological polar surface area (TPSA) is 106 Å². The number of hydrogen-bond acceptors (Lipinski definition) is 5. The minimum absolute atomic E-state index is 0.0569. The van der Waals surface area contributed by atoms with Gasteiger partial charge in [0.25, 0.3) is 21.6 Å². The molecule has 0 radical (unpaired) electrons. The predicted octanol–water partition coefficient (Wildman–Crippen LogP) is 2.37. The van der Waals surface area contributed by atoms with E-state index in [1.165, 1.54) is 30.3 Å². The summed E-state index contributed by atoms with van der Waals surface area (Å²) in [6.45, 7) is 0. The maximum Gasteiger partial charge on any atom is 0.270 e. The molecule has 0 aliphatic rings. The number of sulfonamides is 1. The molecule has 2 aromatic rings. The van der Waals surface area contributed by atoms with E-state index in [1.807, 2.05) is 4.72 Å². The van der Waals surface area contributed by atoms with Crippen molar-refractivity contribution in [1.29, 1.82) is 0 Å². The fraction of sp³-hybridized carbons (Fsp3) is 0. The van der Waals surface area contributed by atoms with E-state index >= 15 is 0 Å². The normalized spacial score (nSPS) is 11.0. The smallest absolute Gasteiger partial charge is 0.268 e. The molecule has 0 heterocycles. The number of rotatable bonds is 4. The summed E-state index contributed by atoms with van der Waals surface area (Å²) in [7, 11) is -4.22. The van der Waals surface area contributed by atoms with Crippen LogP contribution in [0.5, 0.6) is 0 Å². The van der Waals surface area contributed by atoms with E-state index in [9.17, 15) is 23.3 Å². The van der Waals surface area contributed by atoms with Crippen molar-refractivity contribution in [1.82, 2.24) is 4.72 Å². The van der Waals surface area contributed by atoms with E-state index in [0.717, 1.165) is 18.2 Å². The molecule has 0 aliphatic carbocycles. The third-order valence-corrected chi connectivity index (χ3v) is 4.22. The monoisotopic (exact) mass is 340 g/mol. The molecule has 0 spiro atoms. The van der Waals surface area contributed by atoms with E-state index in [4.69, 9.17) is 11.6 Å². The number of nitrogens with one attached hydrogen (secondary N) is 1. The van der Waals surface area contributed by atoms with Crippen LogP contribution in [0.2, 0.25) is 5.02 Å². The number of nitrogens with zero attached hydrogens (tertiary/aromatic N) is 1. The standard InChI is InChI=1S/C13H9ClN2O5S/c14-10-4-1-3-9(7-10)13(17)15-22(20,21)12-6-2-5-11(8-12)16(18)19/h1-8H,(H,15,17). The number of carbonyl (C=O) groups excluding carboxylic acids is 1. The van der Waals surface area contributed by atoms with Crippen LogP contribution in [0.4, 0.5) is 5.69 Å². The Bertz CT molecular complexity index is 851. The lowest BCUT2D eigenvalue weighted by Crippen LogP contribution is -2.30. The quantitative estimate of drug-likeness (QED) is 0.679. The fourth-order valence-electron chi connectivity index (χ4n) is 1.63. The molecule has 114 valence electrons. The van der Waals surface area contributed by atoms with Gasteiger partial charge >= 0.3 is 0 Å². The number of nitro groups is 1. The lowest BCUT2D eigenvalue weighted by Gasteiger charge is -2.07. The molecule has 1 amide bonds. The number of non-ortho nitro benzene ring substituents is 1. The zero-order valence-electron chi connectivity index (χ0n) is 10.9. The highest BCUT2D eigenvalue weighted by molar-refractivity contribution is 7.90. The lowest BCUT2D eigenvalue weighted by atomic mass is 10.2. The fourth-order valence-corrected chi connectivity index (χ4v) is 2.84. The van der Waals surface area contributed by atoms with Crippen molar-refractivity contribution in [3.8, 4) is 0 Å². The minimum atomic E-state index is -4.22. The third-order valence-electron chi connectivity index (χ3n) is 2.65. The van der Waals surface area contributed by atoms with E-state index < -0.39 is 26.5 Å². The van der Waals surface area contributed by atoms with Crippen molar-refractivity contribution in [2.75, 3.05) is 0 Å². The highest BCUT2D eigenvalue weighted by Gasteiger charge is 2.21. The molecule has 0 bridgehead atoms. The van der Waals surface area contributed by atoms with Gasteiger partial charge in [0.1, 0.15) is 0 Å². The van der Waals surface area contributed by atoms with Crippen LogP contribution in [0.25, 0.3) is 0 Å². The average Bonchev–Trinajstić information content (AvgIpc) is 2.47. The molecule has 1 N–H and O–H groups in total. The molecule has 0 atom stereocenters. The summed E-state index contributed by atoms with van der Waals surface area (Å²) >= 11 is 5.73. The number of carbonyl (C=O) groups is 1. The first kappa shape index (κ1) is 15.9. The molecular formula is C13H9ClN2O5S. The van der Waals surface area contributed by atoms with Crippen LogP contribution in [0.1, 0.15) is 10.4 Å². The molecule has 0 aromatic heterocycles. The summed E-state index contributed by atoms with van der Waals surface area (Å²) in [5.41, 5.74) is -0.334. The number of amides is 1. The van der Waals surface area contributed by atoms with Crippen LogP contribution in [0, 0.1) is 10.1 Å². The molecule has 7 nitrogen and oxygen atoms in total. The summed E-state index contributed by atoms with van der Waals surface area (Å²) in [5.74, 6) is -0.881. The molecule has 9 heteroatoms. The molecule has 2 aromatic carbocycles. The molecular weight excluding hydrogens is 332 g/mol. The molecule has 2 rings (SSSR count). The second-order valence-corrected chi connectivity index (χ2v) is 6.32. The van der Waals surface area contributed by atoms with Gasteiger partial charge in [0, 0.05) is 22.7 Å². The van der Waals surface area contributed by atoms with Crippen molar-refractivity contribution < 1.29 is 18.1 Å². The average molecular weight is 341 g/mol. The Morgan fingerprint density at radius 3 is 2.45 bits per heavy atom. The number of benzene rings is 2. The van der Waals surface area contributed by atoms with Crippen LogP contribution in [-0.2, 0) is 10.0 Å². The summed E-state index contributed by atoms with van der Waals surface area (Å²) in [6, 6.07) is 10.1. The number of nitro benzene ring substituents is 1. The predicted molar refractivity (Wildman–Crippen MR) is 79.2 cm³/mol. The van der Waals surface area contributed by atoms with Crippen LogP contribution < -0.4 is 4.72 Å². The molecule has 0 unspecified atom stereocenters. The van der Waals surface area contributed by atoms with Crippen LogP contribution in [0.15, 0.2) is 53.4 Å². The van der Waals surface area contributed by atoms with E-state index in [0.29, 0.717) is 0 Å². The molecule has 0 aliphatic heterocycles. The van der Waals surface area contributed by atoms with Crippen molar-refractivity contribution in [3.63, 3.8) is 0 Å². The van der Waals surface area contributed by atoms with Gasteiger partial charge in [-0.15, -0.1) is 0 Å². The van der Waals surface area contributed by atoms with Gasteiger partial charge in [-0.2, -0.15) is 0 Å². The van der Waals surface area contributed by atoms with Crippen LogP contribution in [-0.4, -0.2) is 19.2 Å². The van der Waals surface area contributed by atoms with Crippen molar-refractivity contribution in [2.45, 2.75) is 4.90 Å². The van der Waals surface area contributed by atoms with Gasteiger partial charge < -0.3 is 0 Å². The van der Waals surface area contributed by atoms with Crippen molar-refractivity contribution in [2.24, 2.45) is 0 Å². The Hall–Kier alpha value is -2.45. The Kier molecular flexibility index (Phi) is 4.43. The summed E-state index contributed by atoms with van der Waals surface area (Å²) in [5, 5.41) is 10.9. The zero-order valence-corrected chi connectivity index (χ0v) is 12.5. The SMILES string of the molecule is O=C(NS(=O)(=O)c1cccc([N+](=O)[O-])c1)c1cccc(Cl)c1. The maximum absolute atomic E-state index is 12.1. The summed E-state index contributed by atoms with van der Waals surface area (Å²) < 4.78 is 26.0. The van der Waals surface area contributed by atoms with E-state index in [-0.39, 0.29) is 15.5 Å². The van der Waals surface area contributed by atoms with Gasteiger partial charge in [-0.25, -0.2) is 13.1 Å². The largest absolute Gasteiger partial charge is 0.270 e. The van der Waals surface area contributed by atoms with E-state index in [2.05, 4.69) is 0 Å². The first-order chi connectivity index (χ1) is 10.3. The molecule has 0 saturated heterocycles. The third kappa shape index (κ3) is 3.60. The van der Waals surface area contributed by atoms with Gasteiger partial charge in [-0.05, 0) is 24.3 Å². The Morgan fingerprint density at radius 1 is 1.14 bits per heavy atom. The van der Waals surface area contributed by atoms with Gasteiger partial charge in [-0.1, -0.05) is 23.7 Å². The Labute approximate surface area is 130 Å². The van der Waals surface area contributed by atoms with Gasteiger partial charge in [-0.3, -0.25) is 14.9 Å². The molecule has 0 saturated carbocycles. The second-order valence-electron chi connectivity index (χ2n) is 4.20. The van der Waals surface area contributed by atoms with E-state index in [1.54, 1.807) is 0 Å². The van der Waals surface area contributed by atoms with Crippen molar-refractivity contribution in [3.05, 3.63) is 69.2 Å². The molecule has 0 fully saturated rings. The van der Waals surface area contributed by atoms with Gasteiger partial charge in [0.15, 0.2) is 0 Å². The number of hydrogen-bond donors (Lipinski definition) is 1. The first-order valence-electron chi connectivity index (χ1n) is 5.87. The lowest BCUT2D eigenvalue weighted by molar-refractivity contribution is -0.385. The Balaban J connectivity index is 2.30. The first-order valence-corrected chi connectivity index (χ1v) is 7.73. The summed E-state index contributed by atoms with van der Waals surface area (Å²) in [6.07, 6.45) is 0. The molecule has 22 heavy (non-hydrogen) atoms. The highest BCUT2D eigenvalue weighted by atomic mass is 35.5. The zero-order chi connectivity index (χ0) is 16.3.